The fourth-order valence-corrected chi connectivity index (χ4v) is 5.61. The zero-order valence-electron chi connectivity index (χ0n) is 16.5. The first kappa shape index (κ1) is 21.3. The second kappa shape index (κ2) is 8.52. The predicted octanol–water partition coefficient (Wildman–Crippen LogP) is 2.69. The molecular formula is C19H23N3O5S2. The molecule has 2 amide bonds. The van der Waals surface area contributed by atoms with Gasteiger partial charge in [0.1, 0.15) is 4.88 Å². The lowest BCUT2D eigenvalue weighted by atomic mass is 10.2. The molecule has 0 saturated carbocycles. The van der Waals surface area contributed by atoms with E-state index in [-0.39, 0.29) is 32.2 Å². The van der Waals surface area contributed by atoms with Crippen molar-refractivity contribution in [2.24, 2.45) is 0 Å². The lowest BCUT2D eigenvalue weighted by Crippen LogP contribution is -2.51. The topological polar surface area (TPSA) is 96.0 Å². The van der Waals surface area contributed by atoms with Gasteiger partial charge in [-0.2, -0.15) is 4.31 Å². The molecule has 0 aliphatic carbocycles. The highest BCUT2D eigenvalue weighted by Crippen LogP contribution is 2.25. The molecule has 3 rings (SSSR count). The van der Waals surface area contributed by atoms with Crippen LogP contribution in [0.5, 0.6) is 0 Å². The van der Waals surface area contributed by atoms with E-state index in [4.69, 9.17) is 4.74 Å². The van der Waals surface area contributed by atoms with Gasteiger partial charge in [-0.3, -0.25) is 0 Å². The highest BCUT2D eigenvalue weighted by atomic mass is 32.2. The number of carbonyl (C=O) groups excluding carboxylic acids is 2. The molecule has 0 bridgehead atoms. The monoisotopic (exact) mass is 437 g/mol. The molecule has 10 heteroatoms. The molecule has 0 spiro atoms. The standard InChI is InChI=1S/C19H23N3O5S2/c1-13-4-5-16(14(2)12-13)29(25,26)22-9-7-21(8-10-22)19(24)20-15-6-11-28-17(15)18(23)27-3/h4-6,11-12H,7-10H2,1-3H3,(H,20,24). The van der Waals surface area contributed by atoms with Gasteiger partial charge < -0.3 is 15.0 Å². The third-order valence-electron chi connectivity index (χ3n) is 4.75. The maximum absolute atomic E-state index is 13.0. The number of nitrogens with zero attached hydrogens (tertiary/aromatic N) is 2. The number of hydrogen-bond acceptors (Lipinski definition) is 6. The number of esters is 1. The maximum Gasteiger partial charge on any atom is 0.350 e. The molecule has 2 aromatic rings. The van der Waals surface area contributed by atoms with Crippen LogP contribution in [0, 0.1) is 13.8 Å². The summed E-state index contributed by atoms with van der Waals surface area (Å²) in [5.74, 6) is -0.514. The number of piperazine rings is 1. The van der Waals surface area contributed by atoms with E-state index in [9.17, 15) is 18.0 Å². The minimum atomic E-state index is -3.61. The molecule has 1 aliphatic rings. The summed E-state index contributed by atoms with van der Waals surface area (Å²) in [5.41, 5.74) is 2.10. The van der Waals surface area contributed by atoms with Crippen LogP contribution in [0.2, 0.25) is 0 Å². The zero-order valence-corrected chi connectivity index (χ0v) is 18.1. The highest BCUT2D eigenvalue weighted by Gasteiger charge is 2.31. The molecule has 1 saturated heterocycles. The zero-order chi connectivity index (χ0) is 21.2. The Hall–Kier alpha value is -2.43. The number of anilines is 1. The summed E-state index contributed by atoms with van der Waals surface area (Å²) in [7, 11) is -2.33. The van der Waals surface area contributed by atoms with Gasteiger partial charge in [0.25, 0.3) is 0 Å². The van der Waals surface area contributed by atoms with Crippen LogP contribution in [-0.2, 0) is 14.8 Å². The third kappa shape index (κ3) is 4.44. The minimum Gasteiger partial charge on any atom is -0.465 e. The van der Waals surface area contributed by atoms with Crippen molar-refractivity contribution < 1.29 is 22.7 Å². The number of thiophene rings is 1. The largest absolute Gasteiger partial charge is 0.465 e. The van der Waals surface area contributed by atoms with Crippen LogP contribution in [0.25, 0.3) is 0 Å². The Morgan fingerprint density at radius 2 is 1.79 bits per heavy atom. The van der Waals surface area contributed by atoms with Crippen molar-refractivity contribution in [1.29, 1.82) is 0 Å². The van der Waals surface area contributed by atoms with Crippen LogP contribution in [-0.4, -0.2) is 62.9 Å². The second-order valence-electron chi connectivity index (χ2n) is 6.75. The normalized spacial score (nSPS) is 15.2. The van der Waals surface area contributed by atoms with Gasteiger partial charge in [-0.05, 0) is 36.9 Å². The summed E-state index contributed by atoms with van der Waals surface area (Å²) < 4.78 is 32.0. The van der Waals surface area contributed by atoms with Crippen LogP contribution in [0.3, 0.4) is 0 Å². The van der Waals surface area contributed by atoms with Crippen LogP contribution < -0.4 is 5.32 Å². The molecule has 1 aromatic heterocycles. The molecule has 2 heterocycles. The highest BCUT2D eigenvalue weighted by molar-refractivity contribution is 7.89. The van der Waals surface area contributed by atoms with Crippen molar-refractivity contribution in [2.45, 2.75) is 18.7 Å². The van der Waals surface area contributed by atoms with E-state index >= 15 is 0 Å². The number of urea groups is 1. The molecule has 0 atom stereocenters. The van der Waals surface area contributed by atoms with E-state index in [1.165, 1.54) is 27.7 Å². The second-order valence-corrected chi connectivity index (χ2v) is 9.57. The number of benzene rings is 1. The van der Waals surface area contributed by atoms with Crippen molar-refractivity contribution in [3.8, 4) is 0 Å². The van der Waals surface area contributed by atoms with E-state index in [1.54, 1.807) is 30.5 Å². The first-order valence-corrected chi connectivity index (χ1v) is 11.3. The smallest absolute Gasteiger partial charge is 0.350 e. The first-order chi connectivity index (χ1) is 13.7. The van der Waals surface area contributed by atoms with Gasteiger partial charge in [0.2, 0.25) is 10.0 Å². The Labute approximate surface area is 174 Å². The van der Waals surface area contributed by atoms with Crippen molar-refractivity contribution in [1.82, 2.24) is 9.21 Å². The summed E-state index contributed by atoms with van der Waals surface area (Å²) in [6.45, 7) is 4.62. The Balaban J connectivity index is 1.65. The van der Waals surface area contributed by atoms with Gasteiger partial charge in [0.15, 0.2) is 0 Å². The summed E-state index contributed by atoms with van der Waals surface area (Å²) in [4.78, 5) is 26.4. The summed E-state index contributed by atoms with van der Waals surface area (Å²) >= 11 is 1.18. The number of sulfonamides is 1. The van der Waals surface area contributed by atoms with Gasteiger partial charge in [0.05, 0.1) is 17.7 Å². The molecule has 156 valence electrons. The van der Waals surface area contributed by atoms with E-state index in [0.29, 0.717) is 21.0 Å². The number of amides is 2. The van der Waals surface area contributed by atoms with E-state index in [1.807, 2.05) is 13.0 Å². The molecule has 1 N–H and O–H groups in total. The Morgan fingerprint density at radius 1 is 1.10 bits per heavy atom. The van der Waals surface area contributed by atoms with Gasteiger partial charge in [0, 0.05) is 26.2 Å². The summed E-state index contributed by atoms with van der Waals surface area (Å²) in [5, 5.41) is 4.40. The molecule has 1 aromatic carbocycles. The lowest BCUT2D eigenvalue weighted by Gasteiger charge is -2.34. The van der Waals surface area contributed by atoms with Gasteiger partial charge in [-0.1, -0.05) is 17.7 Å². The van der Waals surface area contributed by atoms with E-state index in [2.05, 4.69) is 5.32 Å². The number of aryl methyl sites for hydroxylation is 2. The van der Waals surface area contributed by atoms with Crippen LogP contribution in [0.1, 0.15) is 20.8 Å². The third-order valence-corrected chi connectivity index (χ3v) is 7.71. The number of hydrogen-bond donors (Lipinski definition) is 1. The van der Waals surface area contributed by atoms with Gasteiger partial charge in [-0.15, -0.1) is 11.3 Å². The number of methoxy groups -OCH3 is 1. The average molecular weight is 438 g/mol. The molecule has 0 radical (unpaired) electrons. The van der Waals surface area contributed by atoms with E-state index in [0.717, 1.165) is 5.56 Å². The Kier molecular flexibility index (Phi) is 6.25. The molecular weight excluding hydrogens is 414 g/mol. The Morgan fingerprint density at radius 3 is 2.41 bits per heavy atom. The quantitative estimate of drug-likeness (QED) is 0.742. The van der Waals surface area contributed by atoms with Crippen LogP contribution in [0.15, 0.2) is 34.5 Å². The number of carbonyl (C=O) groups is 2. The number of nitrogens with one attached hydrogen (secondary N) is 1. The average Bonchev–Trinajstić information content (AvgIpc) is 3.15. The SMILES string of the molecule is COC(=O)c1sccc1NC(=O)N1CCN(S(=O)(=O)c2ccc(C)cc2C)CC1. The van der Waals surface area contributed by atoms with E-state index < -0.39 is 16.0 Å². The van der Waals surface area contributed by atoms with Crippen LogP contribution in [0.4, 0.5) is 10.5 Å². The minimum absolute atomic E-state index is 0.205. The fourth-order valence-electron chi connectivity index (χ4n) is 3.21. The maximum atomic E-state index is 13.0. The van der Waals surface area contributed by atoms with Gasteiger partial charge in [-0.25, -0.2) is 18.0 Å². The summed E-state index contributed by atoms with van der Waals surface area (Å²) in [6.07, 6.45) is 0. The summed E-state index contributed by atoms with van der Waals surface area (Å²) in [6, 6.07) is 6.51. The number of rotatable bonds is 4. The Bertz CT molecular complexity index is 1020. The van der Waals surface area contributed by atoms with Crippen LogP contribution >= 0.6 is 11.3 Å². The lowest BCUT2D eigenvalue weighted by molar-refractivity contribution is 0.0607. The molecule has 1 aliphatic heterocycles. The van der Waals surface area contributed by atoms with Gasteiger partial charge >= 0.3 is 12.0 Å². The van der Waals surface area contributed by atoms with Crippen molar-refractivity contribution in [3.05, 3.63) is 45.6 Å². The molecule has 8 nitrogen and oxygen atoms in total. The fraction of sp³-hybridized carbons (Fsp3) is 0.368. The van der Waals surface area contributed by atoms with Crippen molar-refractivity contribution in [2.75, 3.05) is 38.6 Å². The predicted molar refractivity (Wildman–Crippen MR) is 111 cm³/mol. The molecule has 0 unspecified atom stereocenters. The number of ether oxygens (including phenoxy) is 1. The molecule has 1 fully saturated rings. The van der Waals surface area contributed by atoms with Crippen molar-refractivity contribution >= 4 is 39.0 Å². The molecule has 29 heavy (non-hydrogen) atoms. The van der Waals surface area contributed by atoms with Crippen molar-refractivity contribution in [3.63, 3.8) is 0 Å². The first-order valence-electron chi connectivity index (χ1n) is 9.03.